The predicted octanol–water partition coefficient (Wildman–Crippen LogP) is 0.575. The summed E-state index contributed by atoms with van der Waals surface area (Å²) in [5.74, 6) is -0.715. The van der Waals surface area contributed by atoms with Gasteiger partial charge in [-0.3, -0.25) is 9.59 Å². The molecule has 2 unspecified atom stereocenters. The Morgan fingerprint density at radius 1 is 1.24 bits per heavy atom. The van der Waals surface area contributed by atoms with Gasteiger partial charge in [-0.25, -0.2) is 0 Å². The van der Waals surface area contributed by atoms with Crippen LogP contribution in [0.5, 0.6) is 0 Å². The molecule has 3 N–H and O–H groups in total. The van der Waals surface area contributed by atoms with Crippen LogP contribution in [0.4, 0.5) is 0 Å². The molecule has 0 bridgehead atoms. The third kappa shape index (κ3) is 7.23. The van der Waals surface area contributed by atoms with Gasteiger partial charge in [0, 0.05) is 24.8 Å². The van der Waals surface area contributed by atoms with Crippen LogP contribution >= 0.6 is 11.8 Å². The van der Waals surface area contributed by atoms with Crippen LogP contribution in [-0.2, 0) is 9.59 Å². The second-order valence-corrected chi connectivity index (χ2v) is 5.12. The van der Waals surface area contributed by atoms with Crippen molar-refractivity contribution in [2.75, 3.05) is 24.7 Å². The SMILES string of the molecule is CC(C(=O)O)C(C)C(=O)NCCSCCCO. The summed E-state index contributed by atoms with van der Waals surface area (Å²) in [6.45, 7) is 3.87. The quantitative estimate of drug-likeness (QED) is 0.530. The second kappa shape index (κ2) is 9.30. The van der Waals surface area contributed by atoms with Gasteiger partial charge in [0.1, 0.15) is 0 Å². The van der Waals surface area contributed by atoms with Crippen molar-refractivity contribution in [2.45, 2.75) is 20.3 Å². The molecule has 6 heteroatoms. The Labute approximate surface area is 106 Å². The summed E-state index contributed by atoms with van der Waals surface area (Å²) >= 11 is 1.66. The number of carboxylic acids is 1. The Bertz CT molecular complexity index is 248. The van der Waals surface area contributed by atoms with Crippen molar-refractivity contribution in [1.82, 2.24) is 5.32 Å². The summed E-state index contributed by atoms with van der Waals surface area (Å²) in [5.41, 5.74) is 0. The number of aliphatic carboxylic acids is 1. The Balaban J connectivity index is 3.68. The third-order valence-corrected chi connectivity index (χ3v) is 3.62. The molecule has 100 valence electrons. The zero-order chi connectivity index (χ0) is 13.3. The molecule has 0 fully saturated rings. The number of rotatable bonds is 9. The average Bonchev–Trinajstić information content (AvgIpc) is 2.31. The van der Waals surface area contributed by atoms with E-state index in [0.717, 1.165) is 17.9 Å². The fourth-order valence-corrected chi connectivity index (χ4v) is 1.90. The van der Waals surface area contributed by atoms with Crippen LogP contribution < -0.4 is 5.32 Å². The van der Waals surface area contributed by atoms with Crippen LogP contribution in [0.25, 0.3) is 0 Å². The molecule has 0 heterocycles. The first-order valence-corrected chi connectivity index (χ1v) is 6.85. The van der Waals surface area contributed by atoms with Gasteiger partial charge in [0.15, 0.2) is 0 Å². The molecular weight excluding hydrogens is 242 g/mol. The van der Waals surface area contributed by atoms with Gasteiger partial charge >= 0.3 is 5.97 Å². The van der Waals surface area contributed by atoms with Crippen LogP contribution in [0.1, 0.15) is 20.3 Å². The number of carbonyl (C=O) groups excluding carboxylic acids is 1. The van der Waals surface area contributed by atoms with E-state index in [1.54, 1.807) is 18.7 Å². The van der Waals surface area contributed by atoms with Crippen molar-refractivity contribution in [1.29, 1.82) is 0 Å². The summed E-state index contributed by atoms with van der Waals surface area (Å²) in [7, 11) is 0. The minimum atomic E-state index is -0.954. The first-order chi connectivity index (χ1) is 8.00. The van der Waals surface area contributed by atoms with Crippen molar-refractivity contribution in [3.63, 3.8) is 0 Å². The summed E-state index contributed by atoms with van der Waals surface area (Å²) in [5, 5.41) is 20.0. The first kappa shape index (κ1) is 16.2. The van der Waals surface area contributed by atoms with E-state index in [4.69, 9.17) is 10.2 Å². The fourth-order valence-electron chi connectivity index (χ4n) is 1.12. The lowest BCUT2D eigenvalue weighted by Crippen LogP contribution is -2.36. The van der Waals surface area contributed by atoms with E-state index >= 15 is 0 Å². The Kier molecular flexibility index (Phi) is 8.89. The number of nitrogens with one attached hydrogen (secondary N) is 1. The molecule has 0 saturated heterocycles. The van der Waals surface area contributed by atoms with Gasteiger partial charge < -0.3 is 15.5 Å². The Morgan fingerprint density at radius 2 is 1.88 bits per heavy atom. The number of hydrogen-bond donors (Lipinski definition) is 3. The van der Waals surface area contributed by atoms with E-state index in [0.29, 0.717) is 6.54 Å². The van der Waals surface area contributed by atoms with Gasteiger partial charge in [-0.15, -0.1) is 0 Å². The Hall–Kier alpha value is -0.750. The lowest BCUT2D eigenvalue weighted by molar-refractivity contribution is -0.146. The molecule has 0 saturated carbocycles. The number of carbonyl (C=O) groups is 2. The van der Waals surface area contributed by atoms with E-state index in [1.165, 1.54) is 6.92 Å². The molecule has 0 spiro atoms. The standard InChI is InChI=1S/C11H21NO4S/c1-8(9(2)11(15)16)10(14)12-4-7-17-6-3-5-13/h8-9,13H,3-7H2,1-2H3,(H,12,14)(H,15,16). The maximum atomic E-state index is 11.6. The van der Waals surface area contributed by atoms with Crippen LogP contribution in [0, 0.1) is 11.8 Å². The molecule has 0 radical (unpaired) electrons. The van der Waals surface area contributed by atoms with Crippen molar-refractivity contribution < 1.29 is 19.8 Å². The number of aliphatic hydroxyl groups excluding tert-OH is 1. The first-order valence-electron chi connectivity index (χ1n) is 5.69. The minimum Gasteiger partial charge on any atom is -0.481 e. The lowest BCUT2D eigenvalue weighted by atomic mass is 9.95. The monoisotopic (exact) mass is 263 g/mol. The predicted molar refractivity (Wildman–Crippen MR) is 68.0 cm³/mol. The van der Waals surface area contributed by atoms with Gasteiger partial charge in [-0.1, -0.05) is 13.8 Å². The van der Waals surface area contributed by atoms with Gasteiger partial charge in [0.2, 0.25) is 5.91 Å². The largest absolute Gasteiger partial charge is 0.481 e. The highest BCUT2D eigenvalue weighted by atomic mass is 32.2. The number of amides is 1. The normalized spacial score (nSPS) is 14.1. The van der Waals surface area contributed by atoms with Gasteiger partial charge in [-0.2, -0.15) is 11.8 Å². The highest BCUT2D eigenvalue weighted by Crippen LogP contribution is 2.11. The highest BCUT2D eigenvalue weighted by molar-refractivity contribution is 7.99. The second-order valence-electron chi connectivity index (χ2n) is 3.90. The summed E-state index contributed by atoms with van der Waals surface area (Å²) in [6.07, 6.45) is 0.755. The van der Waals surface area contributed by atoms with E-state index in [9.17, 15) is 9.59 Å². The molecule has 0 aromatic carbocycles. The molecular formula is C11H21NO4S. The molecule has 0 aliphatic heterocycles. The molecule has 1 amide bonds. The van der Waals surface area contributed by atoms with Gasteiger partial charge in [-0.05, 0) is 12.2 Å². The van der Waals surface area contributed by atoms with Crippen LogP contribution in [0.2, 0.25) is 0 Å². The number of thioether (sulfide) groups is 1. The number of hydrogen-bond acceptors (Lipinski definition) is 4. The topological polar surface area (TPSA) is 86.6 Å². The molecule has 0 aromatic heterocycles. The molecule has 17 heavy (non-hydrogen) atoms. The van der Waals surface area contributed by atoms with Gasteiger partial charge in [0.05, 0.1) is 5.92 Å². The van der Waals surface area contributed by atoms with E-state index in [1.807, 2.05) is 0 Å². The van der Waals surface area contributed by atoms with Crippen molar-refractivity contribution >= 4 is 23.6 Å². The van der Waals surface area contributed by atoms with Crippen molar-refractivity contribution in [3.05, 3.63) is 0 Å². The molecule has 5 nitrogen and oxygen atoms in total. The Morgan fingerprint density at radius 3 is 2.41 bits per heavy atom. The minimum absolute atomic E-state index is 0.187. The summed E-state index contributed by atoms with van der Waals surface area (Å²) in [4.78, 5) is 22.2. The molecule has 0 aromatic rings. The molecule has 0 rings (SSSR count). The smallest absolute Gasteiger partial charge is 0.307 e. The zero-order valence-corrected chi connectivity index (χ0v) is 11.1. The zero-order valence-electron chi connectivity index (χ0n) is 10.3. The maximum Gasteiger partial charge on any atom is 0.307 e. The number of aliphatic hydroxyl groups is 1. The molecule has 0 aliphatic carbocycles. The van der Waals surface area contributed by atoms with Gasteiger partial charge in [0.25, 0.3) is 0 Å². The van der Waals surface area contributed by atoms with Crippen LogP contribution in [0.3, 0.4) is 0 Å². The molecule has 0 aliphatic rings. The van der Waals surface area contributed by atoms with E-state index in [2.05, 4.69) is 5.32 Å². The van der Waals surface area contributed by atoms with E-state index < -0.39 is 17.8 Å². The summed E-state index contributed by atoms with van der Waals surface area (Å²) < 4.78 is 0. The fraction of sp³-hybridized carbons (Fsp3) is 0.818. The van der Waals surface area contributed by atoms with E-state index in [-0.39, 0.29) is 12.5 Å². The third-order valence-electron chi connectivity index (χ3n) is 2.55. The van der Waals surface area contributed by atoms with Crippen molar-refractivity contribution in [2.24, 2.45) is 11.8 Å². The maximum absolute atomic E-state index is 11.6. The van der Waals surface area contributed by atoms with Crippen molar-refractivity contribution in [3.8, 4) is 0 Å². The lowest BCUT2D eigenvalue weighted by Gasteiger charge is -2.15. The molecule has 2 atom stereocenters. The average molecular weight is 263 g/mol. The summed E-state index contributed by atoms with van der Waals surface area (Å²) in [6, 6.07) is 0. The van der Waals surface area contributed by atoms with Crippen LogP contribution in [0.15, 0.2) is 0 Å². The highest BCUT2D eigenvalue weighted by Gasteiger charge is 2.25. The van der Waals surface area contributed by atoms with Crippen LogP contribution in [-0.4, -0.2) is 46.7 Å². The number of carboxylic acid groups (broad SMARTS) is 1.